The van der Waals surface area contributed by atoms with Gasteiger partial charge in [0.1, 0.15) is 5.76 Å². The number of hydrogen-bond acceptors (Lipinski definition) is 1. The highest BCUT2D eigenvalue weighted by Gasteiger charge is 2.32. The maximum absolute atomic E-state index is 5.31. The van der Waals surface area contributed by atoms with Crippen molar-refractivity contribution in [3.05, 3.63) is 47.7 Å². The summed E-state index contributed by atoms with van der Waals surface area (Å²) < 4.78 is 5.31. The van der Waals surface area contributed by atoms with Crippen molar-refractivity contribution in [3.8, 4) is 0 Å². The molecule has 1 aliphatic rings. The number of ether oxygens (including phenoxy) is 1. The van der Waals surface area contributed by atoms with E-state index in [2.05, 4.69) is 12.1 Å². The van der Waals surface area contributed by atoms with Crippen LogP contribution < -0.4 is 0 Å². The minimum Gasteiger partial charge on any atom is -0.478 e. The van der Waals surface area contributed by atoms with E-state index in [0.29, 0.717) is 0 Å². The lowest BCUT2D eigenvalue weighted by atomic mass is 10.1. The molecular formula is C10H10O. The lowest BCUT2D eigenvalue weighted by Crippen LogP contribution is -1.75. The molecule has 1 fully saturated rings. The molecule has 0 N–H and O–H groups in total. The van der Waals surface area contributed by atoms with Crippen molar-refractivity contribution in [3.63, 3.8) is 0 Å². The van der Waals surface area contributed by atoms with Crippen molar-refractivity contribution in [1.82, 2.24) is 0 Å². The first kappa shape index (κ1) is 6.47. The second kappa shape index (κ2) is 2.42. The third kappa shape index (κ3) is 1.14. The van der Waals surface area contributed by atoms with E-state index in [0.717, 1.165) is 5.76 Å². The fraction of sp³-hybridized carbons (Fsp3) is 0.200. The molecule has 1 nitrogen and oxygen atoms in total. The summed E-state index contributed by atoms with van der Waals surface area (Å²) in [5.74, 6) is 1.09. The van der Waals surface area contributed by atoms with Crippen molar-refractivity contribution in [2.24, 2.45) is 0 Å². The number of benzene rings is 1. The zero-order valence-corrected chi connectivity index (χ0v) is 6.45. The second-order valence-corrected chi connectivity index (χ2v) is 2.60. The van der Waals surface area contributed by atoms with E-state index in [1.807, 2.05) is 31.2 Å². The molecule has 2 rings (SSSR count). The minimum atomic E-state index is 0.251. The Morgan fingerprint density at radius 3 is 2.55 bits per heavy atom. The number of hydrogen-bond donors (Lipinski definition) is 0. The molecule has 1 aromatic carbocycles. The molecule has 1 aliphatic heterocycles. The lowest BCUT2D eigenvalue weighted by molar-refractivity contribution is 0.436. The first-order valence-corrected chi connectivity index (χ1v) is 3.79. The lowest BCUT2D eigenvalue weighted by Gasteiger charge is -1.88. The molecule has 1 heterocycles. The van der Waals surface area contributed by atoms with Crippen LogP contribution in [0, 0.1) is 0 Å². The molecule has 0 radical (unpaired) electrons. The molecule has 11 heavy (non-hydrogen) atoms. The van der Waals surface area contributed by atoms with E-state index in [4.69, 9.17) is 4.74 Å². The van der Waals surface area contributed by atoms with Crippen molar-refractivity contribution in [1.29, 1.82) is 0 Å². The molecule has 0 amide bonds. The molecule has 0 saturated carbocycles. The van der Waals surface area contributed by atoms with E-state index in [-0.39, 0.29) is 6.10 Å². The predicted molar refractivity (Wildman–Crippen MR) is 44.0 cm³/mol. The van der Waals surface area contributed by atoms with Crippen LogP contribution in [0.1, 0.15) is 18.6 Å². The number of epoxide rings is 1. The summed E-state index contributed by atoms with van der Waals surface area (Å²) in [4.78, 5) is 0. The molecule has 1 saturated heterocycles. The largest absolute Gasteiger partial charge is 0.478 e. The smallest absolute Gasteiger partial charge is 0.180 e. The molecule has 1 heteroatoms. The molecule has 0 bridgehead atoms. The first-order valence-electron chi connectivity index (χ1n) is 3.79. The molecular weight excluding hydrogens is 136 g/mol. The standard InChI is InChI=1S/C10H10O/c1-2-9-10(11-9)8-6-4-3-5-7-8/h2-7,10H,1H3. The van der Waals surface area contributed by atoms with Gasteiger partial charge in [-0.15, -0.1) is 0 Å². The van der Waals surface area contributed by atoms with Gasteiger partial charge in [0, 0.05) is 0 Å². The zero-order chi connectivity index (χ0) is 7.68. The van der Waals surface area contributed by atoms with Crippen LogP contribution in [0.5, 0.6) is 0 Å². The van der Waals surface area contributed by atoms with Gasteiger partial charge in [-0.1, -0.05) is 30.3 Å². The van der Waals surface area contributed by atoms with Crippen LogP contribution >= 0.6 is 0 Å². The van der Waals surface area contributed by atoms with E-state index in [1.165, 1.54) is 5.56 Å². The quantitative estimate of drug-likeness (QED) is 0.555. The summed E-state index contributed by atoms with van der Waals surface area (Å²) >= 11 is 0. The van der Waals surface area contributed by atoms with E-state index < -0.39 is 0 Å². The number of rotatable bonds is 1. The van der Waals surface area contributed by atoms with Gasteiger partial charge in [0.15, 0.2) is 6.10 Å². The Balaban J connectivity index is 2.21. The summed E-state index contributed by atoms with van der Waals surface area (Å²) in [5, 5.41) is 0. The monoisotopic (exact) mass is 146 g/mol. The van der Waals surface area contributed by atoms with Crippen LogP contribution in [0.15, 0.2) is 42.2 Å². The molecule has 1 aromatic rings. The topological polar surface area (TPSA) is 12.5 Å². The Morgan fingerprint density at radius 2 is 2.00 bits per heavy atom. The van der Waals surface area contributed by atoms with Gasteiger partial charge in [-0.2, -0.15) is 0 Å². The van der Waals surface area contributed by atoms with Gasteiger partial charge in [0.25, 0.3) is 0 Å². The van der Waals surface area contributed by atoms with Crippen LogP contribution in [0.2, 0.25) is 0 Å². The average molecular weight is 146 g/mol. The van der Waals surface area contributed by atoms with Gasteiger partial charge in [-0.3, -0.25) is 0 Å². The molecule has 0 aromatic heterocycles. The first-order chi connectivity index (χ1) is 5.42. The van der Waals surface area contributed by atoms with Gasteiger partial charge in [0.2, 0.25) is 0 Å². The van der Waals surface area contributed by atoms with Gasteiger partial charge >= 0.3 is 0 Å². The molecule has 1 atom stereocenters. The fourth-order valence-electron chi connectivity index (χ4n) is 1.18. The Morgan fingerprint density at radius 1 is 1.27 bits per heavy atom. The summed E-state index contributed by atoms with van der Waals surface area (Å²) in [5.41, 5.74) is 1.25. The SMILES string of the molecule is CC=C1OC1c1ccccc1. The molecule has 0 aliphatic carbocycles. The highest BCUT2D eigenvalue weighted by Crippen LogP contribution is 2.42. The van der Waals surface area contributed by atoms with E-state index >= 15 is 0 Å². The maximum atomic E-state index is 5.31. The third-order valence-electron chi connectivity index (χ3n) is 1.84. The van der Waals surface area contributed by atoms with Gasteiger partial charge in [-0.25, -0.2) is 0 Å². The summed E-state index contributed by atoms with van der Waals surface area (Å²) in [7, 11) is 0. The van der Waals surface area contributed by atoms with Crippen LogP contribution in [-0.4, -0.2) is 0 Å². The van der Waals surface area contributed by atoms with Gasteiger partial charge < -0.3 is 4.74 Å². The van der Waals surface area contributed by atoms with Gasteiger partial charge in [0.05, 0.1) is 0 Å². The Hall–Kier alpha value is -1.24. The summed E-state index contributed by atoms with van der Waals surface area (Å²) in [6.07, 6.45) is 2.26. The fourth-order valence-corrected chi connectivity index (χ4v) is 1.18. The predicted octanol–water partition coefficient (Wildman–Crippen LogP) is 2.66. The van der Waals surface area contributed by atoms with Crippen LogP contribution in [0.4, 0.5) is 0 Å². The third-order valence-corrected chi connectivity index (χ3v) is 1.84. The van der Waals surface area contributed by atoms with E-state index in [9.17, 15) is 0 Å². The van der Waals surface area contributed by atoms with Gasteiger partial charge in [-0.05, 0) is 18.6 Å². The van der Waals surface area contributed by atoms with Crippen molar-refractivity contribution in [2.75, 3.05) is 0 Å². The zero-order valence-electron chi connectivity index (χ0n) is 6.45. The minimum absolute atomic E-state index is 0.251. The molecule has 1 unspecified atom stereocenters. The highest BCUT2D eigenvalue weighted by molar-refractivity contribution is 5.30. The average Bonchev–Trinajstić information content (AvgIpc) is 2.85. The van der Waals surface area contributed by atoms with Crippen molar-refractivity contribution < 1.29 is 4.74 Å². The van der Waals surface area contributed by atoms with E-state index in [1.54, 1.807) is 0 Å². The Bertz CT molecular complexity index is 274. The maximum Gasteiger partial charge on any atom is 0.180 e. The normalized spacial score (nSPS) is 24.8. The second-order valence-electron chi connectivity index (χ2n) is 2.60. The van der Waals surface area contributed by atoms with Crippen LogP contribution in [-0.2, 0) is 4.74 Å². The van der Waals surface area contributed by atoms with Crippen LogP contribution in [0.3, 0.4) is 0 Å². The Kier molecular flexibility index (Phi) is 1.42. The van der Waals surface area contributed by atoms with Crippen molar-refractivity contribution in [2.45, 2.75) is 13.0 Å². The van der Waals surface area contributed by atoms with Crippen LogP contribution in [0.25, 0.3) is 0 Å². The molecule has 56 valence electrons. The summed E-state index contributed by atoms with van der Waals surface area (Å²) in [6.45, 7) is 2.00. The highest BCUT2D eigenvalue weighted by atomic mass is 16.6. The number of allylic oxidation sites excluding steroid dienone is 1. The Labute approximate surface area is 66.3 Å². The summed E-state index contributed by atoms with van der Waals surface area (Å²) in [6, 6.07) is 10.2. The molecule has 0 spiro atoms. The van der Waals surface area contributed by atoms with Crippen molar-refractivity contribution >= 4 is 0 Å².